The van der Waals surface area contributed by atoms with E-state index in [-0.39, 0.29) is 0 Å². The second-order valence-corrected chi connectivity index (χ2v) is 7.05. The molecule has 0 bridgehead atoms. The highest BCUT2D eigenvalue weighted by molar-refractivity contribution is 5.42. The summed E-state index contributed by atoms with van der Waals surface area (Å²) in [6.45, 7) is 2.27. The van der Waals surface area contributed by atoms with Gasteiger partial charge in [0.25, 0.3) is 0 Å². The normalized spacial score (nSPS) is 19.5. The summed E-state index contributed by atoms with van der Waals surface area (Å²) in [7, 11) is 8.32. The first-order valence-corrected chi connectivity index (χ1v) is 8.36. The van der Waals surface area contributed by atoms with Gasteiger partial charge in [0.1, 0.15) is 0 Å². The lowest BCUT2D eigenvalue weighted by molar-refractivity contribution is -0.709. The molecular formula is C19H28N4+2. The lowest BCUT2D eigenvalue weighted by Gasteiger charge is -2.10. The SMILES string of the molecule is CN(C)c1cc[n+](C[C@H]2C[C@@H]2C[n+]2ccc(N(C)C)cc2)cc1. The van der Waals surface area contributed by atoms with Gasteiger partial charge < -0.3 is 9.80 Å². The zero-order valence-electron chi connectivity index (χ0n) is 14.7. The molecule has 122 valence electrons. The number of rotatable bonds is 6. The molecule has 4 heteroatoms. The highest BCUT2D eigenvalue weighted by atomic mass is 15.1. The molecule has 2 aromatic rings. The maximum atomic E-state index is 2.32. The molecule has 2 heterocycles. The van der Waals surface area contributed by atoms with Crippen LogP contribution in [0.5, 0.6) is 0 Å². The van der Waals surface area contributed by atoms with Crippen molar-refractivity contribution in [2.45, 2.75) is 19.5 Å². The minimum absolute atomic E-state index is 0.811. The molecule has 2 atom stereocenters. The molecule has 0 amide bonds. The average molecular weight is 312 g/mol. The Balaban J connectivity index is 1.51. The molecule has 1 aliphatic carbocycles. The van der Waals surface area contributed by atoms with Gasteiger partial charge in [-0.2, -0.15) is 0 Å². The molecule has 2 aromatic heterocycles. The van der Waals surface area contributed by atoms with Crippen molar-refractivity contribution in [1.29, 1.82) is 0 Å². The molecule has 0 spiro atoms. The van der Waals surface area contributed by atoms with Crippen LogP contribution in [-0.2, 0) is 13.1 Å². The highest BCUT2D eigenvalue weighted by Gasteiger charge is 2.42. The van der Waals surface area contributed by atoms with E-state index in [9.17, 15) is 0 Å². The Bertz CT molecular complexity index is 574. The van der Waals surface area contributed by atoms with Crippen LogP contribution in [0.3, 0.4) is 0 Å². The molecule has 1 aliphatic rings. The largest absolute Gasteiger partial charge is 0.377 e. The van der Waals surface area contributed by atoms with Crippen molar-refractivity contribution in [1.82, 2.24) is 0 Å². The third kappa shape index (κ3) is 4.01. The van der Waals surface area contributed by atoms with Crippen LogP contribution in [-0.4, -0.2) is 28.2 Å². The van der Waals surface area contributed by atoms with Crippen molar-refractivity contribution < 1.29 is 9.13 Å². The number of pyridine rings is 2. The molecule has 0 unspecified atom stereocenters. The fourth-order valence-corrected chi connectivity index (χ4v) is 3.04. The lowest BCUT2D eigenvalue weighted by Crippen LogP contribution is -2.37. The topological polar surface area (TPSA) is 14.2 Å². The quantitative estimate of drug-likeness (QED) is 0.754. The minimum Gasteiger partial charge on any atom is -0.377 e. The van der Waals surface area contributed by atoms with E-state index in [0.717, 1.165) is 24.9 Å². The number of anilines is 2. The molecule has 3 rings (SSSR count). The Morgan fingerprint density at radius 2 is 1.09 bits per heavy atom. The van der Waals surface area contributed by atoms with Gasteiger partial charge in [0.05, 0.1) is 0 Å². The maximum Gasteiger partial charge on any atom is 0.170 e. The van der Waals surface area contributed by atoms with Crippen molar-refractivity contribution in [2.24, 2.45) is 11.8 Å². The molecule has 4 nitrogen and oxygen atoms in total. The molecule has 0 aliphatic heterocycles. The fourth-order valence-electron chi connectivity index (χ4n) is 3.04. The molecular weight excluding hydrogens is 284 g/mol. The van der Waals surface area contributed by atoms with Crippen LogP contribution in [0.4, 0.5) is 11.4 Å². The summed E-state index contributed by atoms with van der Waals surface area (Å²) >= 11 is 0. The van der Waals surface area contributed by atoms with Crippen molar-refractivity contribution in [2.75, 3.05) is 38.0 Å². The lowest BCUT2D eigenvalue weighted by atomic mass is 10.3. The van der Waals surface area contributed by atoms with Crippen molar-refractivity contribution >= 4 is 11.4 Å². The zero-order chi connectivity index (χ0) is 16.4. The van der Waals surface area contributed by atoms with Crippen LogP contribution < -0.4 is 18.9 Å². The first-order valence-electron chi connectivity index (χ1n) is 8.36. The Hall–Kier alpha value is -2.10. The van der Waals surface area contributed by atoms with Crippen LogP contribution in [0.15, 0.2) is 49.1 Å². The van der Waals surface area contributed by atoms with Gasteiger partial charge in [-0.3, -0.25) is 0 Å². The molecule has 0 N–H and O–H groups in total. The van der Waals surface area contributed by atoms with Crippen LogP contribution in [0.1, 0.15) is 6.42 Å². The smallest absolute Gasteiger partial charge is 0.170 e. The van der Waals surface area contributed by atoms with E-state index in [2.05, 4.69) is 96.2 Å². The van der Waals surface area contributed by atoms with Crippen LogP contribution in [0, 0.1) is 11.8 Å². The first-order chi connectivity index (χ1) is 11.0. The molecule has 1 fully saturated rings. The third-order valence-electron chi connectivity index (χ3n) is 4.74. The van der Waals surface area contributed by atoms with E-state index in [0.29, 0.717) is 0 Å². The van der Waals surface area contributed by atoms with Crippen molar-refractivity contribution in [3.63, 3.8) is 0 Å². The van der Waals surface area contributed by atoms with E-state index in [1.165, 1.54) is 17.8 Å². The summed E-state index contributed by atoms with van der Waals surface area (Å²) in [4.78, 5) is 4.27. The summed E-state index contributed by atoms with van der Waals surface area (Å²) < 4.78 is 4.63. The molecule has 0 aromatic carbocycles. The van der Waals surface area contributed by atoms with Gasteiger partial charge in [0.2, 0.25) is 0 Å². The number of aromatic nitrogens is 2. The summed E-state index contributed by atoms with van der Waals surface area (Å²) in [5, 5.41) is 0. The molecule has 23 heavy (non-hydrogen) atoms. The van der Waals surface area contributed by atoms with Gasteiger partial charge in [-0.15, -0.1) is 0 Å². The van der Waals surface area contributed by atoms with Crippen LogP contribution in [0.2, 0.25) is 0 Å². The predicted octanol–water partition coefficient (Wildman–Crippen LogP) is 1.73. The fraction of sp³-hybridized carbons (Fsp3) is 0.474. The van der Waals surface area contributed by atoms with E-state index in [1.807, 2.05) is 0 Å². The molecule has 0 radical (unpaired) electrons. The van der Waals surface area contributed by atoms with E-state index in [1.54, 1.807) is 0 Å². The average Bonchev–Trinajstić information content (AvgIpc) is 3.25. The third-order valence-corrected chi connectivity index (χ3v) is 4.74. The standard InChI is InChI=1S/C19H28N4/c1-20(2)18-5-9-22(10-6-18)14-16-13-17(16)15-23-11-7-19(8-12-23)21(3)4/h5-12,16-17H,13-15H2,1-4H3/q+2/t16-,17-/m1/s1. The second-order valence-electron chi connectivity index (χ2n) is 7.05. The zero-order valence-corrected chi connectivity index (χ0v) is 14.7. The van der Waals surface area contributed by atoms with Gasteiger partial charge in [0.15, 0.2) is 37.9 Å². The minimum atomic E-state index is 0.811. The Morgan fingerprint density at radius 1 is 0.739 bits per heavy atom. The van der Waals surface area contributed by atoms with Crippen LogP contribution >= 0.6 is 0 Å². The number of hydrogen-bond acceptors (Lipinski definition) is 2. The molecule has 1 saturated carbocycles. The van der Waals surface area contributed by atoms with Crippen molar-refractivity contribution in [3.05, 3.63) is 49.1 Å². The Labute approximate surface area is 139 Å². The second kappa shape index (κ2) is 6.57. The van der Waals surface area contributed by atoms with Gasteiger partial charge in [-0.25, -0.2) is 9.13 Å². The first kappa shape index (κ1) is 15.8. The Kier molecular flexibility index (Phi) is 4.51. The van der Waals surface area contributed by atoms with Gasteiger partial charge in [-0.1, -0.05) is 0 Å². The van der Waals surface area contributed by atoms with E-state index < -0.39 is 0 Å². The monoisotopic (exact) mass is 312 g/mol. The van der Waals surface area contributed by atoms with Crippen molar-refractivity contribution in [3.8, 4) is 0 Å². The van der Waals surface area contributed by atoms with Gasteiger partial charge >= 0.3 is 0 Å². The molecule has 0 saturated heterocycles. The summed E-state index contributed by atoms with van der Waals surface area (Å²) in [5.41, 5.74) is 2.51. The number of nitrogens with zero attached hydrogens (tertiary/aromatic N) is 4. The van der Waals surface area contributed by atoms with E-state index >= 15 is 0 Å². The summed E-state index contributed by atoms with van der Waals surface area (Å²) in [6.07, 6.45) is 10.1. The van der Waals surface area contributed by atoms with Crippen LogP contribution in [0.25, 0.3) is 0 Å². The Morgan fingerprint density at radius 3 is 1.39 bits per heavy atom. The van der Waals surface area contributed by atoms with Gasteiger partial charge in [-0.05, 0) is 6.42 Å². The predicted molar refractivity (Wildman–Crippen MR) is 93.5 cm³/mol. The highest BCUT2D eigenvalue weighted by Crippen LogP contribution is 2.38. The summed E-state index contributed by atoms with van der Waals surface area (Å²) in [5.74, 6) is 1.62. The van der Waals surface area contributed by atoms with Gasteiger partial charge in [0, 0.05) is 75.7 Å². The summed E-state index contributed by atoms with van der Waals surface area (Å²) in [6, 6.07) is 8.75. The van der Waals surface area contributed by atoms with E-state index in [4.69, 9.17) is 0 Å². The number of hydrogen-bond donors (Lipinski definition) is 0. The maximum absolute atomic E-state index is 2.32.